The van der Waals surface area contributed by atoms with Crippen molar-refractivity contribution in [3.63, 3.8) is 0 Å². The Morgan fingerprint density at radius 2 is 0.823 bits per heavy atom. The second-order valence-electron chi connectivity index (χ2n) is 18.6. The SMILES string of the molecule is CCCCCCCCCCCCCCCCCCCC/C=C/C(O)C(CO)NC(=O)CC/C=C\C/C=C\CCCCCCCCOC(=O)CCCCCCCCCCCCCC. The largest absolute Gasteiger partial charge is 0.466 e. The van der Waals surface area contributed by atoms with Crippen molar-refractivity contribution in [2.45, 2.75) is 296 Å². The molecular formula is C56H105NO5. The molecule has 6 heteroatoms. The molecule has 0 radical (unpaired) electrons. The zero-order chi connectivity index (χ0) is 45.1. The van der Waals surface area contributed by atoms with Crippen LogP contribution < -0.4 is 5.32 Å². The highest BCUT2D eigenvalue weighted by Crippen LogP contribution is 2.16. The molecule has 0 heterocycles. The topological polar surface area (TPSA) is 95.9 Å². The summed E-state index contributed by atoms with van der Waals surface area (Å²) in [4.78, 5) is 24.4. The summed E-state index contributed by atoms with van der Waals surface area (Å²) < 4.78 is 5.44. The Kier molecular flexibility index (Phi) is 50.1. The predicted octanol–water partition coefficient (Wildman–Crippen LogP) is 16.5. The van der Waals surface area contributed by atoms with Crippen LogP contribution in [0.2, 0.25) is 0 Å². The van der Waals surface area contributed by atoms with Crippen molar-refractivity contribution in [1.82, 2.24) is 5.32 Å². The number of carbonyl (C=O) groups is 2. The van der Waals surface area contributed by atoms with Crippen molar-refractivity contribution in [3.05, 3.63) is 36.5 Å². The van der Waals surface area contributed by atoms with Crippen LogP contribution in [0.5, 0.6) is 0 Å². The number of rotatable bonds is 50. The molecule has 0 saturated heterocycles. The molecule has 0 fully saturated rings. The van der Waals surface area contributed by atoms with Crippen LogP contribution in [0.3, 0.4) is 0 Å². The van der Waals surface area contributed by atoms with E-state index in [1.54, 1.807) is 6.08 Å². The van der Waals surface area contributed by atoms with Gasteiger partial charge >= 0.3 is 5.97 Å². The van der Waals surface area contributed by atoms with Gasteiger partial charge in [0.05, 0.1) is 25.4 Å². The number of hydrogen-bond acceptors (Lipinski definition) is 5. The summed E-state index contributed by atoms with van der Waals surface area (Å²) in [7, 11) is 0. The van der Waals surface area contributed by atoms with E-state index < -0.39 is 12.1 Å². The first-order valence-corrected chi connectivity index (χ1v) is 27.3. The van der Waals surface area contributed by atoms with Gasteiger partial charge in [0.15, 0.2) is 0 Å². The first kappa shape index (κ1) is 60.1. The van der Waals surface area contributed by atoms with E-state index in [9.17, 15) is 19.8 Å². The Balaban J connectivity index is 3.59. The number of esters is 1. The molecule has 1 amide bonds. The van der Waals surface area contributed by atoms with Gasteiger partial charge < -0.3 is 20.3 Å². The van der Waals surface area contributed by atoms with E-state index in [4.69, 9.17) is 4.74 Å². The average molecular weight is 872 g/mol. The quantitative estimate of drug-likeness (QED) is 0.0321. The molecule has 62 heavy (non-hydrogen) atoms. The second-order valence-corrected chi connectivity index (χ2v) is 18.6. The lowest BCUT2D eigenvalue weighted by molar-refractivity contribution is -0.143. The summed E-state index contributed by atoms with van der Waals surface area (Å²) in [5, 5.41) is 23.1. The molecule has 0 rings (SSSR count). The smallest absolute Gasteiger partial charge is 0.305 e. The number of amides is 1. The Bertz CT molecular complexity index is 1010. The highest BCUT2D eigenvalue weighted by molar-refractivity contribution is 5.76. The maximum absolute atomic E-state index is 12.4. The van der Waals surface area contributed by atoms with Gasteiger partial charge in [-0.25, -0.2) is 0 Å². The molecule has 0 bridgehead atoms. The van der Waals surface area contributed by atoms with Gasteiger partial charge in [0.1, 0.15) is 0 Å². The molecule has 6 nitrogen and oxygen atoms in total. The number of ether oxygens (including phenoxy) is 1. The molecule has 0 saturated carbocycles. The molecule has 0 aliphatic heterocycles. The van der Waals surface area contributed by atoms with Crippen LogP contribution in [0.25, 0.3) is 0 Å². The predicted molar refractivity (Wildman–Crippen MR) is 269 cm³/mol. The number of carbonyl (C=O) groups excluding carboxylic acids is 2. The molecule has 364 valence electrons. The zero-order valence-electron chi connectivity index (χ0n) is 41.4. The summed E-state index contributed by atoms with van der Waals surface area (Å²) >= 11 is 0. The van der Waals surface area contributed by atoms with Crippen LogP contribution in [0.1, 0.15) is 284 Å². The number of nitrogens with one attached hydrogen (secondary N) is 1. The van der Waals surface area contributed by atoms with Crippen molar-refractivity contribution in [2.24, 2.45) is 0 Å². The third-order valence-electron chi connectivity index (χ3n) is 12.4. The molecule has 0 aromatic carbocycles. The zero-order valence-corrected chi connectivity index (χ0v) is 41.4. The number of hydrogen-bond donors (Lipinski definition) is 3. The number of aliphatic hydroxyl groups is 2. The minimum absolute atomic E-state index is 0.0179. The van der Waals surface area contributed by atoms with E-state index in [0.717, 1.165) is 51.4 Å². The average Bonchev–Trinajstić information content (AvgIpc) is 3.27. The van der Waals surface area contributed by atoms with Gasteiger partial charge in [-0.1, -0.05) is 256 Å². The van der Waals surface area contributed by atoms with Gasteiger partial charge in [-0.05, 0) is 51.4 Å². The van der Waals surface area contributed by atoms with Crippen molar-refractivity contribution in [3.8, 4) is 0 Å². The Morgan fingerprint density at radius 1 is 0.452 bits per heavy atom. The normalized spacial score (nSPS) is 12.9. The molecule has 2 unspecified atom stereocenters. The minimum Gasteiger partial charge on any atom is -0.466 e. The molecule has 0 aliphatic carbocycles. The Labute approximate surface area is 385 Å². The molecule has 3 N–H and O–H groups in total. The highest BCUT2D eigenvalue weighted by Gasteiger charge is 2.17. The third-order valence-corrected chi connectivity index (χ3v) is 12.4. The fraction of sp³-hybridized carbons (Fsp3) is 0.857. The summed E-state index contributed by atoms with van der Waals surface area (Å²) in [6, 6.07) is -0.672. The van der Waals surface area contributed by atoms with Crippen molar-refractivity contribution in [1.29, 1.82) is 0 Å². The Hall–Kier alpha value is -1.92. The molecule has 0 aromatic rings. The van der Waals surface area contributed by atoms with Crippen LogP contribution in [-0.4, -0.2) is 47.4 Å². The van der Waals surface area contributed by atoms with Crippen LogP contribution in [0.4, 0.5) is 0 Å². The minimum atomic E-state index is -0.879. The molecule has 0 aromatic heterocycles. The van der Waals surface area contributed by atoms with Crippen LogP contribution in [0, 0.1) is 0 Å². The van der Waals surface area contributed by atoms with Crippen molar-refractivity contribution < 1.29 is 24.5 Å². The lowest BCUT2D eigenvalue weighted by Crippen LogP contribution is -2.45. The summed E-state index contributed by atoms with van der Waals surface area (Å²) in [5.41, 5.74) is 0. The van der Waals surface area contributed by atoms with Gasteiger partial charge in [0, 0.05) is 12.8 Å². The highest BCUT2D eigenvalue weighted by atomic mass is 16.5. The van der Waals surface area contributed by atoms with E-state index in [2.05, 4.69) is 37.4 Å². The van der Waals surface area contributed by atoms with E-state index in [1.165, 1.54) is 199 Å². The van der Waals surface area contributed by atoms with Crippen molar-refractivity contribution >= 4 is 11.9 Å². The molecule has 0 spiro atoms. The van der Waals surface area contributed by atoms with Crippen LogP contribution >= 0.6 is 0 Å². The lowest BCUT2D eigenvalue weighted by atomic mass is 10.0. The standard InChI is InChI=1S/C56H105NO5/c1-3-5-7-9-11-13-15-17-18-19-20-21-22-23-25-28-32-36-40-44-48-54(59)53(52-58)57-55(60)49-45-41-37-33-29-26-24-27-31-35-39-43-47-51-62-56(61)50-46-42-38-34-30-16-14-12-10-8-6-4-2/h26,29,37,41,44,48,53-54,58-59H,3-25,27-28,30-36,38-40,42-43,45-47,49-52H2,1-2H3,(H,57,60)/b29-26-,41-37-,48-44+. The number of allylic oxidation sites excluding steroid dienone is 5. The molecule has 0 aliphatic rings. The summed E-state index contributed by atoms with van der Waals surface area (Å²) in [6.07, 6.45) is 63.1. The van der Waals surface area contributed by atoms with Gasteiger partial charge in [0.2, 0.25) is 5.91 Å². The fourth-order valence-corrected chi connectivity index (χ4v) is 8.21. The maximum atomic E-state index is 12.4. The lowest BCUT2D eigenvalue weighted by Gasteiger charge is -2.19. The van der Waals surface area contributed by atoms with Crippen molar-refractivity contribution in [2.75, 3.05) is 13.2 Å². The first-order chi connectivity index (χ1) is 30.5. The number of aliphatic hydroxyl groups excluding tert-OH is 2. The Morgan fingerprint density at radius 3 is 1.26 bits per heavy atom. The van der Waals surface area contributed by atoms with Gasteiger partial charge in [-0.15, -0.1) is 0 Å². The van der Waals surface area contributed by atoms with Crippen LogP contribution in [0.15, 0.2) is 36.5 Å². The van der Waals surface area contributed by atoms with E-state index in [-0.39, 0.29) is 18.5 Å². The second kappa shape index (κ2) is 51.7. The van der Waals surface area contributed by atoms with E-state index in [0.29, 0.717) is 25.9 Å². The van der Waals surface area contributed by atoms with Gasteiger partial charge in [0.25, 0.3) is 0 Å². The van der Waals surface area contributed by atoms with Gasteiger partial charge in [-0.3, -0.25) is 9.59 Å². The van der Waals surface area contributed by atoms with E-state index in [1.807, 2.05) is 12.2 Å². The van der Waals surface area contributed by atoms with Crippen LogP contribution in [-0.2, 0) is 14.3 Å². The summed E-state index contributed by atoms with van der Waals surface area (Å²) in [5.74, 6) is -0.165. The number of unbranched alkanes of at least 4 members (excludes halogenated alkanes) is 35. The monoisotopic (exact) mass is 872 g/mol. The molecular weight excluding hydrogens is 767 g/mol. The third kappa shape index (κ3) is 47.6. The van der Waals surface area contributed by atoms with Gasteiger partial charge in [-0.2, -0.15) is 0 Å². The first-order valence-electron chi connectivity index (χ1n) is 27.3. The molecule has 2 atom stereocenters. The maximum Gasteiger partial charge on any atom is 0.305 e. The van der Waals surface area contributed by atoms with E-state index >= 15 is 0 Å². The fourth-order valence-electron chi connectivity index (χ4n) is 8.21. The summed E-state index contributed by atoms with van der Waals surface area (Å²) in [6.45, 7) is 4.84.